The summed E-state index contributed by atoms with van der Waals surface area (Å²) in [5, 5.41) is 3.29. The Morgan fingerprint density at radius 3 is 2.68 bits per heavy atom. The topological polar surface area (TPSA) is 75.7 Å². The van der Waals surface area contributed by atoms with Crippen LogP contribution < -0.4 is 5.32 Å². The van der Waals surface area contributed by atoms with E-state index in [2.05, 4.69) is 5.32 Å². The van der Waals surface area contributed by atoms with E-state index in [-0.39, 0.29) is 16.9 Å². The SMILES string of the molecule is CC(C)OCCCNC(=O)[C@@H]1CCCN1S(=O)(=O)c1ccc(Cl)cc1. The molecule has 0 bridgehead atoms. The highest BCUT2D eigenvalue weighted by molar-refractivity contribution is 7.89. The Hall–Kier alpha value is -1.15. The van der Waals surface area contributed by atoms with Gasteiger partial charge in [0, 0.05) is 24.7 Å². The highest BCUT2D eigenvalue weighted by Gasteiger charge is 2.39. The highest BCUT2D eigenvalue weighted by Crippen LogP contribution is 2.27. The zero-order chi connectivity index (χ0) is 18.4. The molecule has 1 aliphatic rings. The van der Waals surface area contributed by atoms with Gasteiger partial charge in [-0.1, -0.05) is 11.6 Å². The van der Waals surface area contributed by atoms with Gasteiger partial charge in [-0.05, 0) is 57.4 Å². The van der Waals surface area contributed by atoms with E-state index in [1.165, 1.54) is 28.6 Å². The van der Waals surface area contributed by atoms with Gasteiger partial charge in [-0.3, -0.25) is 4.79 Å². The van der Waals surface area contributed by atoms with Crippen LogP contribution in [0.2, 0.25) is 5.02 Å². The van der Waals surface area contributed by atoms with Gasteiger partial charge >= 0.3 is 0 Å². The molecule has 1 atom stereocenters. The maximum atomic E-state index is 12.8. The second kappa shape index (κ2) is 8.98. The number of rotatable bonds is 8. The van der Waals surface area contributed by atoms with Gasteiger partial charge in [0.05, 0.1) is 11.0 Å². The molecule has 1 fully saturated rings. The molecule has 1 saturated heterocycles. The fourth-order valence-corrected chi connectivity index (χ4v) is 4.53. The maximum Gasteiger partial charge on any atom is 0.243 e. The van der Waals surface area contributed by atoms with Gasteiger partial charge < -0.3 is 10.1 Å². The maximum absolute atomic E-state index is 12.8. The van der Waals surface area contributed by atoms with E-state index in [9.17, 15) is 13.2 Å². The minimum atomic E-state index is -3.71. The molecule has 0 radical (unpaired) electrons. The number of hydrogen-bond acceptors (Lipinski definition) is 4. The van der Waals surface area contributed by atoms with Crippen LogP contribution in [0.25, 0.3) is 0 Å². The number of benzene rings is 1. The molecule has 0 aliphatic carbocycles. The lowest BCUT2D eigenvalue weighted by Crippen LogP contribution is -2.46. The summed E-state index contributed by atoms with van der Waals surface area (Å²) in [7, 11) is -3.71. The molecule has 8 heteroatoms. The minimum absolute atomic E-state index is 0.155. The quantitative estimate of drug-likeness (QED) is 0.694. The summed E-state index contributed by atoms with van der Waals surface area (Å²) < 4.78 is 32.3. The van der Waals surface area contributed by atoms with Gasteiger partial charge in [-0.25, -0.2) is 8.42 Å². The molecule has 0 unspecified atom stereocenters. The molecule has 1 aromatic carbocycles. The average Bonchev–Trinajstić information content (AvgIpc) is 3.05. The lowest BCUT2D eigenvalue weighted by molar-refractivity contribution is -0.124. The molecular weight excluding hydrogens is 364 g/mol. The average molecular weight is 389 g/mol. The molecule has 6 nitrogen and oxygen atoms in total. The van der Waals surface area contributed by atoms with Crippen LogP contribution in [0, 0.1) is 0 Å². The molecule has 0 aromatic heterocycles. The Kier molecular flexibility index (Phi) is 7.25. The van der Waals surface area contributed by atoms with Gasteiger partial charge in [0.2, 0.25) is 15.9 Å². The number of nitrogens with one attached hydrogen (secondary N) is 1. The fourth-order valence-electron chi connectivity index (χ4n) is 2.75. The van der Waals surface area contributed by atoms with Crippen LogP contribution in [0.1, 0.15) is 33.1 Å². The molecule has 0 spiro atoms. The van der Waals surface area contributed by atoms with Crippen molar-refractivity contribution in [1.29, 1.82) is 0 Å². The minimum Gasteiger partial charge on any atom is -0.379 e. The largest absolute Gasteiger partial charge is 0.379 e. The Morgan fingerprint density at radius 1 is 1.36 bits per heavy atom. The van der Waals surface area contributed by atoms with Crippen molar-refractivity contribution in [2.45, 2.75) is 50.2 Å². The summed E-state index contributed by atoms with van der Waals surface area (Å²) in [6.07, 6.45) is 2.05. The first-order chi connectivity index (χ1) is 11.8. The zero-order valence-corrected chi connectivity index (χ0v) is 16.1. The standard InChI is InChI=1S/C17H25ClN2O4S/c1-13(2)24-12-4-10-19-17(21)16-5-3-11-20(16)25(22,23)15-8-6-14(18)7-9-15/h6-9,13,16H,3-5,10-12H2,1-2H3,(H,19,21)/t16-/m0/s1. The number of hydrogen-bond donors (Lipinski definition) is 1. The Morgan fingerprint density at radius 2 is 2.04 bits per heavy atom. The van der Waals surface area contributed by atoms with Crippen LogP contribution in [0.15, 0.2) is 29.2 Å². The molecular formula is C17H25ClN2O4S. The number of halogens is 1. The van der Waals surface area contributed by atoms with E-state index in [0.717, 1.165) is 0 Å². The molecule has 1 heterocycles. The third-order valence-corrected chi connectivity index (χ3v) is 6.17. The summed E-state index contributed by atoms with van der Waals surface area (Å²) in [5.74, 6) is -0.250. The predicted octanol–water partition coefficient (Wildman–Crippen LogP) is 2.42. The summed E-state index contributed by atoms with van der Waals surface area (Å²) in [5.41, 5.74) is 0. The van der Waals surface area contributed by atoms with Crippen molar-refractivity contribution in [2.24, 2.45) is 0 Å². The first-order valence-electron chi connectivity index (χ1n) is 8.49. The smallest absolute Gasteiger partial charge is 0.243 e. The third-order valence-electron chi connectivity index (χ3n) is 4.00. The van der Waals surface area contributed by atoms with Crippen molar-refractivity contribution in [2.75, 3.05) is 19.7 Å². The van der Waals surface area contributed by atoms with Crippen LogP contribution in [-0.4, -0.2) is 50.5 Å². The van der Waals surface area contributed by atoms with Crippen LogP contribution in [0.5, 0.6) is 0 Å². The van der Waals surface area contributed by atoms with Crippen LogP contribution in [0.4, 0.5) is 0 Å². The molecule has 2 rings (SSSR count). The molecule has 1 aliphatic heterocycles. The van der Waals surface area contributed by atoms with Crippen LogP contribution in [-0.2, 0) is 19.6 Å². The zero-order valence-electron chi connectivity index (χ0n) is 14.6. The Balaban J connectivity index is 1.96. The first kappa shape index (κ1) is 20.2. The molecule has 0 saturated carbocycles. The molecule has 25 heavy (non-hydrogen) atoms. The van der Waals surface area contributed by atoms with Crippen molar-refractivity contribution < 1.29 is 17.9 Å². The highest BCUT2D eigenvalue weighted by atomic mass is 35.5. The summed E-state index contributed by atoms with van der Waals surface area (Å²) >= 11 is 5.82. The number of nitrogens with zero attached hydrogens (tertiary/aromatic N) is 1. The number of sulfonamides is 1. The lowest BCUT2D eigenvalue weighted by atomic mass is 10.2. The number of amides is 1. The number of ether oxygens (including phenoxy) is 1. The van der Waals surface area contributed by atoms with Crippen molar-refractivity contribution >= 4 is 27.5 Å². The third kappa shape index (κ3) is 5.41. The van der Waals surface area contributed by atoms with Gasteiger partial charge in [0.15, 0.2) is 0 Å². The van der Waals surface area contributed by atoms with Crippen molar-refractivity contribution in [1.82, 2.24) is 9.62 Å². The van der Waals surface area contributed by atoms with E-state index in [1.807, 2.05) is 13.8 Å². The van der Waals surface area contributed by atoms with E-state index >= 15 is 0 Å². The first-order valence-corrected chi connectivity index (χ1v) is 10.3. The summed E-state index contributed by atoms with van der Waals surface area (Å²) in [6.45, 7) is 5.29. The van der Waals surface area contributed by atoms with Crippen LogP contribution >= 0.6 is 11.6 Å². The number of carbonyl (C=O) groups is 1. The molecule has 1 aromatic rings. The summed E-state index contributed by atoms with van der Waals surface area (Å²) in [6, 6.07) is 5.34. The predicted molar refractivity (Wildman–Crippen MR) is 97.1 cm³/mol. The van der Waals surface area contributed by atoms with Crippen molar-refractivity contribution in [3.63, 3.8) is 0 Å². The van der Waals surface area contributed by atoms with Gasteiger partial charge in [0.25, 0.3) is 0 Å². The monoisotopic (exact) mass is 388 g/mol. The fraction of sp³-hybridized carbons (Fsp3) is 0.588. The van der Waals surface area contributed by atoms with Crippen LogP contribution in [0.3, 0.4) is 0 Å². The van der Waals surface area contributed by atoms with Gasteiger partial charge in [-0.2, -0.15) is 4.31 Å². The molecule has 1 N–H and O–H groups in total. The lowest BCUT2D eigenvalue weighted by Gasteiger charge is -2.23. The second-order valence-electron chi connectivity index (χ2n) is 6.29. The van der Waals surface area contributed by atoms with Crippen molar-refractivity contribution in [3.8, 4) is 0 Å². The molecule has 140 valence electrons. The van der Waals surface area contributed by atoms with E-state index in [4.69, 9.17) is 16.3 Å². The van der Waals surface area contributed by atoms with E-state index < -0.39 is 16.1 Å². The number of carbonyl (C=O) groups excluding carboxylic acids is 1. The van der Waals surface area contributed by atoms with Gasteiger partial charge in [-0.15, -0.1) is 0 Å². The molecule has 1 amide bonds. The Bertz CT molecular complexity index is 676. The Labute approximate surface area is 154 Å². The van der Waals surface area contributed by atoms with E-state index in [1.54, 1.807) is 0 Å². The van der Waals surface area contributed by atoms with Gasteiger partial charge in [0.1, 0.15) is 6.04 Å². The van der Waals surface area contributed by atoms with E-state index in [0.29, 0.717) is 44.0 Å². The van der Waals surface area contributed by atoms with Crippen molar-refractivity contribution in [3.05, 3.63) is 29.3 Å². The second-order valence-corrected chi connectivity index (χ2v) is 8.62. The summed E-state index contributed by atoms with van der Waals surface area (Å²) in [4.78, 5) is 12.6. The normalized spacial score (nSPS) is 18.6.